The molecule has 2 fully saturated rings. The van der Waals surface area contributed by atoms with Crippen molar-refractivity contribution in [3.05, 3.63) is 66.2 Å². The van der Waals surface area contributed by atoms with Crippen molar-refractivity contribution in [3.8, 4) is 11.3 Å². The third-order valence-corrected chi connectivity index (χ3v) is 7.09. The minimum atomic E-state index is -0.214. The van der Waals surface area contributed by atoms with Crippen molar-refractivity contribution in [1.29, 1.82) is 0 Å². The highest BCUT2D eigenvalue weighted by atomic mass is 16.5. The molecule has 0 saturated carbocycles. The van der Waals surface area contributed by atoms with Crippen LogP contribution in [0.5, 0.6) is 0 Å². The van der Waals surface area contributed by atoms with Crippen LogP contribution in [0, 0.1) is 0 Å². The van der Waals surface area contributed by atoms with Gasteiger partial charge >= 0.3 is 0 Å². The molecule has 0 spiro atoms. The molecule has 33 heavy (non-hydrogen) atoms. The quantitative estimate of drug-likeness (QED) is 0.523. The molecule has 0 amide bonds. The molecule has 2 bridgehead atoms. The van der Waals surface area contributed by atoms with Gasteiger partial charge in [0.1, 0.15) is 17.4 Å². The van der Waals surface area contributed by atoms with E-state index in [1.807, 2.05) is 30.6 Å². The van der Waals surface area contributed by atoms with Crippen LogP contribution in [-0.4, -0.2) is 54.9 Å². The molecule has 1 aromatic carbocycles. The number of ether oxygens (including phenoxy) is 1. The van der Waals surface area contributed by atoms with Crippen molar-refractivity contribution in [1.82, 2.24) is 24.5 Å². The number of fused-ring (bicyclic) bond motifs is 1. The Morgan fingerprint density at radius 1 is 0.939 bits per heavy atom. The first kappa shape index (κ1) is 19.1. The maximum absolute atomic E-state index is 9.74. The SMILES string of the molecule is OC1CCN(c2ncc(-c3ccc4nc5n(c4n3)[C@@H](c3ccccc3)[C@@H]3C[C@H]5O3)cn2)CC1. The fraction of sp³-hybridized carbons (Fsp3) is 0.360. The van der Waals surface area contributed by atoms with Gasteiger partial charge in [-0.05, 0) is 30.5 Å². The molecule has 4 aromatic rings. The second-order valence-corrected chi connectivity index (χ2v) is 9.12. The molecule has 8 rings (SSSR count). The number of rotatable bonds is 3. The summed E-state index contributed by atoms with van der Waals surface area (Å²) < 4.78 is 8.41. The molecule has 166 valence electrons. The van der Waals surface area contributed by atoms with Gasteiger partial charge in [-0.25, -0.2) is 19.9 Å². The fourth-order valence-corrected chi connectivity index (χ4v) is 5.30. The van der Waals surface area contributed by atoms with Crippen molar-refractivity contribution < 1.29 is 9.84 Å². The van der Waals surface area contributed by atoms with Crippen LogP contribution in [0.25, 0.3) is 22.4 Å². The van der Waals surface area contributed by atoms with Gasteiger partial charge in [0, 0.05) is 37.5 Å². The molecule has 0 radical (unpaired) electrons. The van der Waals surface area contributed by atoms with Crippen molar-refractivity contribution in [3.63, 3.8) is 0 Å². The average molecular weight is 441 g/mol. The molecule has 1 N–H and O–H groups in total. The van der Waals surface area contributed by atoms with Crippen LogP contribution in [-0.2, 0) is 4.74 Å². The summed E-state index contributed by atoms with van der Waals surface area (Å²) >= 11 is 0. The van der Waals surface area contributed by atoms with Crippen LogP contribution in [0.1, 0.15) is 42.8 Å². The lowest BCUT2D eigenvalue weighted by atomic mass is 9.88. The van der Waals surface area contributed by atoms with Crippen molar-refractivity contribution in [2.45, 2.75) is 43.6 Å². The van der Waals surface area contributed by atoms with E-state index in [9.17, 15) is 5.11 Å². The molecule has 3 aromatic heterocycles. The molecule has 2 saturated heterocycles. The van der Waals surface area contributed by atoms with Crippen molar-refractivity contribution in [2.24, 2.45) is 0 Å². The fourth-order valence-electron chi connectivity index (χ4n) is 5.30. The number of piperidine rings is 1. The third-order valence-electron chi connectivity index (χ3n) is 7.09. The Kier molecular flexibility index (Phi) is 4.25. The molecular formula is C25H24N6O2. The normalized spacial score (nSPS) is 24.5. The Morgan fingerprint density at radius 3 is 2.45 bits per heavy atom. The van der Waals surface area contributed by atoms with Gasteiger partial charge < -0.3 is 19.3 Å². The lowest BCUT2D eigenvalue weighted by Gasteiger charge is -2.47. The molecule has 0 aliphatic carbocycles. The number of aliphatic hydroxyl groups is 1. The minimum absolute atomic E-state index is 0.0540. The lowest BCUT2D eigenvalue weighted by Crippen LogP contribution is -2.46. The summed E-state index contributed by atoms with van der Waals surface area (Å²) in [6.07, 6.45) is 6.17. The van der Waals surface area contributed by atoms with Crippen LogP contribution in [0.2, 0.25) is 0 Å². The van der Waals surface area contributed by atoms with Gasteiger partial charge in [0.15, 0.2) is 5.65 Å². The van der Waals surface area contributed by atoms with Gasteiger partial charge in [-0.3, -0.25) is 0 Å². The monoisotopic (exact) mass is 440 g/mol. The average Bonchev–Trinajstić information content (AvgIpc) is 3.23. The largest absolute Gasteiger partial charge is 0.393 e. The number of benzene rings is 1. The Labute approximate surface area is 190 Å². The molecule has 0 unspecified atom stereocenters. The summed E-state index contributed by atoms with van der Waals surface area (Å²) in [7, 11) is 0. The number of hydrogen-bond donors (Lipinski definition) is 1. The van der Waals surface area contributed by atoms with Crippen LogP contribution in [0.15, 0.2) is 54.9 Å². The lowest BCUT2D eigenvalue weighted by molar-refractivity contribution is -0.168. The Balaban J connectivity index is 1.26. The predicted octanol–water partition coefficient (Wildman–Crippen LogP) is 3.28. The molecule has 4 aliphatic heterocycles. The molecule has 8 nitrogen and oxygen atoms in total. The van der Waals surface area contributed by atoms with E-state index in [0.717, 1.165) is 60.6 Å². The van der Waals surface area contributed by atoms with Gasteiger partial charge in [-0.15, -0.1) is 0 Å². The van der Waals surface area contributed by atoms with E-state index < -0.39 is 0 Å². The summed E-state index contributed by atoms with van der Waals surface area (Å²) in [5.74, 6) is 1.67. The number of nitrogens with zero attached hydrogens (tertiary/aromatic N) is 6. The molecule has 7 heterocycles. The van der Waals surface area contributed by atoms with Gasteiger partial charge in [0.2, 0.25) is 5.95 Å². The first-order valence-corrected chi connectivity index (χ1v) is 11.6. The molecule has 8 heteroatoms. The van der Waals surface area contributed by atoms with Crippen molar-refractivity contribution >= 4 is 17.1 Å². The predicted molar refractivity (Wildman–Crippen MR) is 123 cm³/mol. The van der Waals surface area contributed by atoms with E-state index in [0.29, 0.717) is 5.95 Å². The maximum Gasteiger partial charge on any atom is 0.225 e. The number of pyridine rings is 1. The zero-order valence-electron chi connectivity index (χ0n) is 18.1. The third kappa shape index (κ3) is 3.05. The Morgan fingerprint density at radius 2 is 1.70 bits per heavy atom. The van der Waals surface area contributed by atoms with Crippen LogP contribution < -0.4 is 4.90 Å². The van der Waals surface area contributed by atoms with Crippen LogP contribution in [0.4, 0.5) is 5.95 Å². The molecular weight excluding hydrogens is 416 g/mol. The number of hydrogen-bond acceptors (Lipinski definition) is 7. The zero-order valence-corrected chi connectivity index (χ0v) is 18.1. The zero-order chi connectivity index (χ0) is 21.9. The van der Waals surface area contributed by atoms with E-state index in [1.165, 1.54) is 5.56 Å². The number of aliphatic hydroxyl groups excluding tert-OH is 1. The van der Waals surface area contributed by atoms with Gasteiger partial charge in [0.05, 0.1) is 23.9 Å². The summed E-state index contributed by atoms with van der Waals surface area (Å²) in [6, 6.07) is 14.6. The smallest absolute Gasteiger partial charge is 0.225 e. The van der Waals surface area contributed by atoms with Gasteiger partial charge in [0.25, 0.3) is 0 Å². The van der Waals surface area contributed by atoms with E-state index in [1.54, 1.807) is 0 Å². The highest BCUT2D eigenvalue weighted by Gasteiger charge is 2.48. The van der Waals surface area contributed by atoms with E-state index in [2.05, 4.69) is 43.7 Å². The number of imidazole rings is 1. The van der Waals surface area contributed by atoms with E-state index in [4.69, 9.17) is 14.7 Å². The Hall–Kier alpha value is -3.36. The van der Waals surface area contributed by atoms with Crippen LogP contribution in [0.3, 0.4) is 0 Å². The number of aromatic nitrogens is 5. The highest BCUT2D eigenvalue weighted by Crippen LogP contribution is 2.49. The summed E-state index contributed by atoms with van der Waals surface area (Å²) in [5, 5.41) is 9.74. The van der Waals surface area contributed by atoms with Crippen molar-refractivity contribution in [2.75, 3.05) is 18.0 Å². The van der Waals surface area contributed by atoms with E-state index >= 15 is 0 Å². The highest BCUT2D eigenvalue weighted by molar-refractivity contribution is 5.77. The van der Waals surface area contributed by atoms with Crippen LogP contribution >= 0.6 is 0 Å². The summed E-state index contributed by atoms with van der Waals surface area (Å²) in [4.78, 5) is 21.2. The molecule has 3 atom stereocenters. The standard InChI is InChI=1S/C25H24N6O2/c32-17-8-10-30(11-9-17)25-26-13-16(14-27-25)18-6-7-19-23(28-18)31-22(15-4-2-1-3-5-15)20-12-21(33-20)24(31)29-19/h1-7,13-14,17,20-22,32H,8-12H2/t20-,21+,22-/m0/s1. The summed E-state index contributed by atoms with van der Waals surface area (Å²) in [6.45, 7) is 1.55. The second-order valence-electron chi connectivity index (χ2n) is 9.12. The second kappa shape index (κ2) is 7.33. The molecule has 4 aliphatic rings. The first-order valence-electron chi connectivity index (χ1n) is 11.6. The topological polar surface area (TPSA) is 89.2 Å². The summed E-state index contributed by atoms with van der Waals surface area (Å²) in [5.41, 5.74) is 4.69. The number of anilines is 1. The Bertz CT molecular complexity index is 1310. The maximum atomic E-state index is 9.74. The minimum Gasteiger partial charge on any atom is -0.393 e. The van der Waals surface area contributed by atoms with Gasteiger partial charge in [-0.2, -0.15) is 0 Å². The first-order chi connectivity index (χ1) is 16.2. The van der Waals surface area contributed by atoms with Gasteiger partial charge in [-0.1, -0.05) is 30.3 Å². The van der Waals surface area contributed by atoms with E-state index in [-0.39, 0.29) is 24.4 Å².